The predicted molar refractivity (Wildman–Crippen MR) is 76.1 cm³/mol. The van der Waals surface area contributed by atoms with Crippen LogP contribution in [0.5, 0.6) is 0 Å². The van der Waals surface area contributed by atoms with Gasteiger partial charge in [0.2, 0.25) is 0 Å². The van der Waals surface area contributed by atoms with Gasteiger partial charge in [-0.25, -0.2) is 9.18 Å². The Labute approximate surface area is 122 Å². The minimum absolute atomic E-state index is 0.338. The normalized spacial score (nSPS) is 22.6. The molecule has 0 saturated carbocycles. The van der Waals surface area contributed by atoms with Crippen molar-refractivity contribution in [3.8, 4) is 0 Å². The number of carbonyl (C=O) groups excluding carboxylic acids is 1. The van der Waals surface area contributed by atoms with E-state index in [0.717, 1.165) is 0 Å². The van der Waals surface area contributed by atoms with Crippen molar-refractivity contribution in [1.82, 2.24) is 5.32 Å². The predicted octanol–water partition coefficient (Wildman–Crippen LogP) is 1.16. The summed E-state index contributed by atoms with van der Waals surface area (Å²) >= 11 is 0. The molecule has 1 amide bonds. The number of para-hydroxylation sites is 1. The quantitative estimate of drug-likeness (QED) is 0.907. The number of anilines is 2. The molecule has 7 heteroatoms. The first-order chi connectivity index (χ1) is 10.2. The van der Waals surface area contributed by atoms with E-state index in [1.54, 1.807) is 19.2 Å². The van der Waals surface area contributed by atoms with E-state index >= 15 is 0 Å². The van der Waals surface area contributed by atoms with E-state index in [1.807, 2.05) is 4.90 Å². The first kappa shape index (κ1) is 14.1. The van der Waals surface area contributed by atoms with Crippen LogP contribution < -0.4 is 15.1 Å². The molecule has 6 nitrogen and oxygen atoms in total. The number of halogens is 1. The zero-order valence-corrected chi connectivity index (χ0v) is 11.8. The number of hydrogen-bond acceptors (Lipinski definition) is 5. The number of amides is 1. The van der Waals surface area contributed by atoms with Gasteiger partial charge in [-0.3, -0.25) is 10.2 Å². The van der Waals surface area contributed by atoms with Crippen LogP contribution >= 0.6 is 0 Å². The number of carbonyl (C=O) groups is 1. The summed E-state index contributed by atoms with van der Waals surface area (Å²) in [4.78, 5) is 15.4. The Morgan fingerprint density at radius 2 is 2.10 bits per heavy atom. The average molecular weight is 295 g/mol. The molecule has 2 heterocycles. The van der Waals surface area contributed by atoms with Crippen molar-refractivity contribution >= 4 is 17.5 Å². The van der Waals surface area contributed by atoms with Gasteiger partial charge in [-0.1, -0.05) is 6.07 Å². The number of cyclic esters (lactones) is 1. The molecule has 21 heavy (non-hydrogen) atoms. The zero-order chi connectivity index (χ0) is 14.8. The third kappa shape index (κ3) is 2.66. The largest absolute Gasteiger partial charge is 0.428 e. The smallest absolute Gasteiger partial charge is 0.416 e. The van der Waals surface area contributed by atoms with Crippen molar-refractivity contribution in [3.63, 3.8) is 0 Å². The number of nitrogens with zero attached hydrogens (tertiary/aromatic N) is 2. The third-order valence-electron chi connectivity index (χ3n) is 3.72. The highest BCUT2D eigenvalue weighted by molar-refractivity contribution is 5.94. The van der Waals surface area contributed by atoms with E-state index in [-0.39, 0.29) is 12.0 Å². The average Bonchev–Trinajstić information content (AvgIpc) is 2.89. The monoisotopic (exact) mass is 295 g/mol. The van der Waals surface area contributed by atoms with E-state index in [0.29, 0.717) is 44.2 Å². The molecule has 2 aliphatic heterocycles. The van der Waals surface area contributed by atoms with Crippen LogP contribution in [-0.2, 0) is 9.47 Å². The molecule has 1 aromatic rings. The highest BCUT2D eigenvalue weighted by atomic mass is 19.1. The maximum atomic E-state index is 14.3. The highest BCUT2D eigenvalue weighted by Gasteiger charge is 2.34. The van der Waals surface area contributed by atoms with Crippen LogP contribution in [0.3, 0.4) is 0 Å². The van der Waals surface area contributed by atoms with Gasteiger partial charge in [-0.05, 0) is 19.2 Å². The van der Waals surface area contributed by atoms with Crippen LogP contribution in [0.15, 0.2) is 18.2 Å². The van der Waals surface area contributed by atoms with Crippen LogP contribution in [0.25, 0.3) is 0 Å². The molecule has 2 aliphatic rings. The number of hydrogen-bond donors (Lipinski definition) is 1. The van der Waals surface area contributed by atoms with Crippen molar-refractivity contribution in [2.75, 3.05) is 49.7 Å². The van der Waals surface area contributed by atoms with Crippen molar-refractivity contribution in [2.45, 2.75) is 6.23 Å². The number of nitrogens with one attached hydrogen (secondary N) is 1. The molecular weight excluding hydrogens is 277 g/mol. The molecule has 1 unspecified atom stereocenters. The van der Waals surface area contributed by atoms with Crippen LogP contribution in [0.2, 0.25) is 0 Å². The molecule has 0 bridgehead atoms. The second-order valence-corrected chi connectivity index (χ2v) is 4.98. The van der Waals surface area contributed by atoms with Crippen LogP contribution in [0.1, 0.15) is 0 Å². The summed E-state index contributed by atoms with van der Waals surface area (Å²) in [5, 5.41) is 2.90. The van der Waals surface area contributed by atoms with Gasteiger partial charge in [0.05, 0.1) is 31.1 Å². The second-order valence-electron chi connectivity index (χ2n) is 4.98. The number of benzene rings is 1. The van der Waals surface area contributed by atoms with E-state index in [1.165, 1.54) is 11.0 Å². The van der Waals surface area contributed by atoms with E-state index < -0.39 is 6.09 Å². The summed E-state index contributed by atoms with van der Waals surface area (Å²) in [6.45, 7) is 2.67. The van der Waals surface area contributed by atoms with E-state index in [4.69, 9.17) is 9.47 Å². The Balaban J connectivity index is 1.95. The van der Waals surface area contributed by atoms with E-state index in [2.05, 4.69) is 5.32 Å². The fraction of sp³-hybridized carbons (Fsp3) is 0.500. The molecule has 2 saturated heterocycles. The second kappa shape index (κ2) is 5.87. The molecule has 114 valence electrons. The van der Waals surface area contributed by atoms with Crippen LogP contribution in [-0.4, -0.2) is 52.2 Å². The lowest BCUT2D eigenvalue weighted by Crippen LogP contribution is -2.38. The number of likely N-dealkylation sites (N-methyl/N-ethyl adjacent to an activating group) is 1. The zero-order valence-electron chi connectivity index (χ0n) is 11.8. The molecule has 2 fully saturated rings. The number of rotatable bonds is 3. The third-order valence-corrected chi connectivity index (χ3v) is 3.72. The van der Waals surface area contributed by atoms with Gasteiger partial charge in [0, 0.05) is 13.1 Å². The Kier molecular flexibility index (Phi) is 3.94. The Morgan fingerprint density at radius 3 is 2.76 bits per heavy atom. The lowest BCUT2D eigenvalue weighted by Gasteiger charge is -2.32. The van der Waals surface area contributed by atoms with Crippen LogP contribution in [0.4, 0.5) is 20.6 Å². The van der Waals surface area contributed by atoms with E-state index in [9.17, 15) is 9.18 Å². The van der Waals surface area contributed by atoms with Gasteiger partial charge < -0.3 is 14.4 Å². The molecule has 3 rings (SSSR count). The van der Waals surface area contributed by atoms with Crippen molar-refractivity contribution in [3.05, 3.63) is 24.0 Å². The molecule has 0 spiro atoms. The van der Waals surface area contributed by atoms with Crippen molar-refractivity contribution < 1.29 is 18.7 Å². The highest BCUT2D eigenvalue weighted by Crippen LogP contribution is 2.34. The summed E-state index contributed by atoms with van der Waals surface area (Å²) < 4.78 is 24.8. The van der Waals surface area contributed by atoms with Gasteiger partial charge in [0.1, 0.15) is 5.82 Å². The Hall–Kier alpha value is -1.86. The van der Waals surface area contributed by atoms with Crippen LogP contribution in [0, 0.1) is 5.82 Å². The summed E-state index contributed by atoms with van der Waals surface area (Å²) in [6, 6.07) is 4.76. The summed E-state index contributed by atoms with van der Waals surface area (Å²) in [7, 11) is 1.72. The summed E-state index contributed by atoms with van der Waals surface area (Å²) in [5.41, 5.74) is 0.981. The minimum Gasteiger partial charge on any atom is -0.428 e. The number of morpholine rings is 1. The molecule has 0 aromatic heterocycles. The fourth-order valence-corrected chi connectivity index (χ4v) is 2.63. The molecular formula is C14H18FN3O3. The molecule has 0 radical (unpaired) electrons. The fourth-order valence-electron chi connectivity index (χ4n) is 2.63. The molecule has 1 atom stereocenters. The lowest BCUT2D eigenvalue weighted by atomic mass is 10.2. The topological polar surface area (TPSA) is 54.0 Å². The van der Waals surface area contributed by atoms with Gasteiger partial charge >= 0.3 is 6.09 Å². The summed E-state index contributed by atoms with van der Waals surface area (Å²) in [5.74, 6) is -0.338. The first-order valence-corrected chi connectivity index (χ1v) is 6.97. The number of ether oxygens (including phenoxy) is 2. The maximum Gasteiger partial charge on any atom is 0.416 e. The standard InChI is InChI=1S/C14H18FN3O3/c1-16-12-9-18(14(19)21-12)11-4-2-3-10(15)13(11)17-5-7-20-8-6-17/h2-4,12,16H,5-9H2,1H3. The Morgan fingerprint density at radius 1 is 1.33 bits per heavy atom. The first-order valence-electron chi connectivity index (χ1n) is 6.97. The van der Waals surface area contributed by atoms with Gasteiger partial charge in [0.25, 0.3) is 0 Å². The van der Waals surface area contributed by atoms with Gasteiger partial charge in [-0.15, -0.1) is 0 Å². The SMILES string of the molecule is CNC1CN(c2cccc(F)c2N2CCOCC2)C(=O)O1. The lowest BCUT2D eigenvalue weighted by molar-refractivity contribution is 0.122. The molecule has 1 N–H and O–H groups in total. The molecule has 1 aromatic carbocycles. The van der Waals surface area contributed by atoms with Crippen molar-refractivity contribution in [2.24, 2.45) is 0 Å². The molecule has 0 aliphatic carbocycles. The maximum absolute atomic E-state index is 14.3. The minimum atomic E-state index is -0.463. The summed E-state index contributed by atoms with van der Waals surface area (Å²) in [6.07, 6.45) is -0.840. The van der Waals surface area contributed by atoms with Crippen molar-refractivity contribution in [1.29, 1.82) is 0 Å². The van der Waals surface area contributed by atoms with Gasteiger partial charge in [0.15, 0.2) is 6.23 Å². The Bertz CT molecular complexity index is 534. The van der Waals surface area contributed by atoms with Gasteiger partial charge in [-0.2, -0.15) is 0 Å².